The Hall–Kier alpha value is -1.60. The second-order valence-electron chi connectivity index (χ2n) is 5.37. The molecule has 2 unspecified atom stereocenters. The van der Waals surface area contributed by atoms with Gasteiger partial charge in [-0.05, 0) is 24.7 Å². The summed E-state index contributed by atoms with van der Waals surface area (Å²) in [5.41, 5.74) is 0.610. The highest BCUT2D eigenvalue weighted by Crippen LogP contribution is 2.30. The molecule has 1 aliphatic heterocycles. The molecule has 1 aromatic carbocycles. The molecular weight excluding hydrogens is 412 g/mol. The largest absolute Gasteiger partial charge is 0.497 e. The summed E-state index contributed by atoms with van der Waals surface area (Å²) in [4.78, 5) is 26.4. The number of benzene rings is 1. The first-order valence-electron chi connectivity index (χ1n) is 7.92. The molecular formula is C15H20N4O5S3. The Morgan fingerprint density at radius 1 is 1.37 bits per heavy atom. The van der Waals surface area contributed by atoms with Gasteiger partial charge in [0.1, 0.15) is 18.0 Å². The zero-order valence-corrected chi connectivity index (χ0v) is 17.2. The van der Waals surface area contributed by atoms with Gasteiger partial charge in [0.15, 0.2) is 0 Å². The number of nitrogens with one attached hydrogen (secondary N) is 2. The number of carbonyl (C=O) groups excluding carboxylic acids is 2. The van der Waals surface area contributed by atoms with Gasteiger partial charge in [-0.15, -0.1) is 0 Å². The van der Waals surface area contributed by atoms with Crippen LogP contribution < -0.4 is 14.8 Å². The molecule has 2 rings (SSSR count). The summed E-state index contributed by atoms with van der Waals surface area (Å²) >= 11 is 2.31. The van der Waals surface area contributed by atoms with E-state index in [1.807, 2.05) is 0 Å². The van der Waals surface area contributed by atoms with Crippen LogP contribution in [0.2, 0.25) is 0 Å². The average Bonchev–Trinajstić information content (AvgIpc) is 2.63. The average molecular weight is 433 g/mol. The molecule has 0 radical (unpaired) electrons. The van der Waals surface area contributed by atoms with Crippen molar-refractivity contribution in [2.24, 2.45) is 4.36 Å². The Morgan fingerprint density at radius 3 is 2.67 bits per heavy atom. The quantitative estimate of drug-likeness (QED) is 0.641. The van der Waals surface area contributed by atoms with E-state index in [4.69, 9.17) is 4.74 Å². The first-order chi connectivity index (χ1) is 13.0. The summed E-state index contributed by atoms with van der Waals surface area (Å²) in [7, 11) is 0.499. The van der Waals surface area contributed by atoms with E-state index in [0.29, 0.717) is 23.6 Å². The Labute approximate surface area is 167 Å². The molecule has 2 atom stereocenters. The summed E-state index contributed by atoms with van der Waals surface area (Å²) in [6, 6.07) is 5.97. The lowest BCUT2D eigenvalue weighted by molar-refractivity contribution is -0.126. The number of hydrogen-bond acceptors (Lipinski definition) is 10. The van der Waals surface area contributed by atoms with E-state index in [1.165, 1.54) is 7.11 Å². The van der Waals surface area contributed by atoms with E-state index in [-0.39, 0.29) is 0 Å². The predicted octanol–water partition coefficient (Wildman–Crippen LogP) is 1.28. The fraction of sp³-hybridized carbons (Fsp3) is 0.467. The van der Waals surface area contributed by atoms with Gasteiger partial charge in [-0.1, -0.05) is 12.1 Å². The SMILES string of the molecule is CNSC(=O)NC(=O)C(c1ccc(OC)cc1)N1CCSCC1N=S(=O)=O. The van der Waals surface area contributed by atoms with Gasteiger partial charge < -0.3 is 4.74 Å². The molecule has 2 N–H and O–H groups in total. The zero-order chi connectivity index (χ0) is 19.8. The number of nitrogens with zero attached hydrogens (tertiary/aromatic N) is 2. The highest BCUT2D eigenvalue weighted by atomic mass is 32.2. The maximum Gasteiger partial charge on any atom is 0.312 e. The maximum atomic E-state index is 12.9. The minimum Gasteiger partial charge on any atom is -0.497 e. The van der Waals surface area contributed by atoms with Crippen molar-refractivity contribution in [1.29, 1.82) is 0 Å². The molecule has 9 nitrogen and oxygen atoms in total. The topological polar surface area (TPSA) is 117 Å². The molecule has 2 amide bonds. The van der Waals surface area contributed by atoms with E-state index in [9.17, 15) is 18.0 Å². The fourth-order valence-corrected chi connectivity index (χ4v) is 4.47. The van der Waals surface area contributed by atoms with Gasteiger partial charge >= 0.3 is 15.7 Å². The second kappa shape index (κ2) is 10.7. The Morgan fingerprint density at radius 2 is 2.07 bits per heavy atom. The van der Waals surface area contributed by atoms with Gasteiger partial charge in [-0.2, -0.15) is 24.5 Å². The molecule has 0 saturated carbocycles. The molecule has 1 saturated heterocycles. The van der Waals surface area contributed by atoms with Crippen LogP contribution in [-0.4, -0.2) is 62.8 Å². The van der Waals surface area contributed by atoms with Crippen LogP contribution in [0.4, 0.5) is 4.79 Å². The van der Waals surface area contributed by atoms with E-state index in [1.54, 1.807) is 48.0 Å². The monoisotopic (exact) mass is 432 g/mol. The Kier molecular flexibility index (Phi) is 8.57. The molecule has 0 spiro atoms. The first kappa shape index (κ1) is 21.7. The van der Waals surface area contributed by atoms with Gasteiger partial charge in [0, 0.05) is 30.0 Å². The van der Waals surface area contributed by atoms with E-state index < -0.39 is 33.9 Å². The van der Waals surface area contributed by atoms with Crippen molar-refractivity contribution in [3.05, 3.63) is 29.8 Å². The van der Waals surface area contributed by atoms with Crippen molar-refractivity contribution < 1.29 is 22.7 Å². The summed E-state index contributed by atoms with van der Waals surface area (Å²) in [5, 5.41) is 1.78. The van der Waals surface area contributed by atoms with E-state index in [0.717, 1.165) is 17.7 Å². The third kappa shape index (κ3) is 6.21. The minimum absolute atomic E-state index is 0.438. The maximum absolute atomic E-state index is 12.9. The first-order valence-corrected chi connectivity index (χ1v) is 10.9. The summed E-state index contributed by atoms with van der Waals surface area (Å²) < 4.78 is 33.7. The second-order valence-corrected chi connectivity index (χ2v) is 8.15. The third-order valence-electron chi connectivity index (χ3n) is 3.78. The van der Waals surface area contributed by atoms with Crippen LogP contribution in [0.3, 0.4) is 0 Å². The number of amides is 2. The predicted molar refractivity (Wildman–Crippen MR) is 105 cm³/mol. The Balaban J connectivity index is 2.38. The normalized spacial score (nSPS) is 18.4. The number of rotatable bonds is 6. The van der Waals surface area contributed by atoms with Crippen molar-refractivity contribution in [2.45, 2.75) is 12.2 Å². The van der Waals surface area contributed by atoms with E-state index in [2.05, 4.69) is 14.4 Å². The minimum atomic E-state index is -2.60. The van der Waals surface area contributed by atoms with Gasteiger partial charge in [-0.25, -0.2) is 0 Å². The number of imide groups is 1. The lowest BCUT2D eigenvalue weighted by Gasteiger charge is -2.37. The van der Waals surface area contributed by atoms with Crippen LogP contribution in [0.15, 0.2) is 28.6 Å². The number of methoxy groups -OCH3 is 1. The van der Waals surface area contributed by atoms with Gasteiger partial charge in [-0.3, -0.25) is 24.5 Å². The van der Waals surface area contributed by atoms with Crippen LogP contribution in [0.5, 0.6) is 5.75 Å². The number of carbonyl (C=O) groups is 2. The van der Waals surface area contributed by atoms with Gasteiger partial charge in [0.2, 0.25) is 5.91 Å². The van der Waals surface area contributed by atoms with Gasteiger partial charge in [0.25, 0.3) is 0 Å². The zero-order valence-electron chi connectivity index (χ0n) is 14.7. The summed E-state index contributed by atoms with van der Waals surface area (Å²) in [6.07, 6.45) is -0.688. The number of ether oxygens (including phenoxy) is 1. The van der Waals surface area contributed by atoms with Crippen LogP contribution >= 0.6 is 23.7 Å². The molecule has 0 aromatic heterocycles. The summed E-state index contributed by atoms with van der Waals surface area (Å²) in [6.45, 7) is 0.452. The third-order valence-corrected chi connectivity index (χ3v) is 5.70. The van der Waals surface area contributed by atoms with Crippen LogP contribution in [0, 0.1) is 0 Å². The molecule has 1 heterocycles. The standard InChI is InChI=1S/C15H20N4O5S3/c1-16-26-15(21)17-14(20)13(10-3-5-11(24-2)6-4-10)19-7-8-25-9-12(19)18-27(22)23/h3-6,12-13,16H,7-9H2,1-2H3,(H,17,20,21). The highest BCUT2D eigenvalue weighted by Gasteiger charge is 2.35. The van der Waals surface area contributed by atoms with Crippen molar-refractivity contribution in [3.8, 4) is 5.75 Å². The highest BCUT2D eigenvalue weighted by molar-refractivity contribution is 8.11. The van der Waals surface area contributed by atoms with Crippen molar-refractivity contribution in [2.75, 3.05) is 32.2 Å². The number of thioether (sulfide) groups is 1. The Bertz CT molecular complexity index is 792. The fourth-order valence-electron chi connectivity index (χ4n) is 2.66. The smallest absolute Gasteiger partial charge is 0.312 e. The van der Waals surface area contributed by atoms with Crippen LogP contribution in [0.1, 0.15) is 11.6 Å². The molecule has 27 heavy (non-hydrogen) atoms. The van der Waals surface area contributed by atoms with E-state index >= 15 is 0 Å². The van der Waals surface area contributed by atoms with Crippen LogP contribution in [0.25, 0.3) is 0 Å². The molecule has 148 valence electrons. The number of hydrogen-bond donors (Lipinski definition) is 2. The van der Waals surface area contributed by atoms with Crippen LogP contribution in [-0.2, 0) is 15.3 Å². The molecule has 1 aromatic rings. The molecule has 1 fully saturated rings. The van der Waals surface area contributed by atoms with Crippen molar-refractivity contribution >= 4 is 45.4 Å². The van der Waals surface area contributed by atoms with Gasteiger partial charge in [0.05, 0.1) is 7.11 Å². The molecule has 1 aliphatic rings. The lowest BCUT2D eigenvalue weighted by Crippen LogP contribution is -2.49. The molecule has 0 bridgehead atoms. The van der Waals surface area contributed by atoms with Crippen molar-refractivity contribution in [1.82, 2.24) is 14.9 Å². The summed E-state index contributed by atoms with van der Waals surface area (Å²) in [5.74, 6) is 1.23. The molecule has 0 aliphatic carbocycles. The van der Waals surface area contributed by atoms with Crippen molar-refractivity contribution in [3.63, 3.8) is 0 Å². The lowest BCUT2D eigenvalue weighted by atomic mass is 10.0. The molecule has 12 heteroatoms.